The fraction of sp³-hybridized carbons (Fsp3) is 0.750. The summed E-state index contributed by atoms with van der Waals surface area (Å²) in [6, 6.07) is 8.71. The van der Waals surface area contributed by atoms with Gasteiger partial charge in [-0.05, 0) is 24.5 Å². The minimum absolute atomic E-state index is 1.11. The highest BCUT2D eigenvalue weighted by molar-refractivity contribution is 5.50. The number of aryl methyl sites for hydroxylation is 1. The van der Waals surface area contributed by atoms with Crippen LogP contribution in [0.3, 0.4) is 0 Å². The van der Waals surface area contributed by atoms with Crippen LogP contribution in [-0.2, 0) is 6.42 Å². The van der Waals surface area contributed by atoms with Crippen molar-refractivity contribution in [1.29, 1.82) is 0 Å². The Bertz CT molecular complexity index is 399. The lowest BCUT2D eigenvalue weighted by Crippen LogP contribution is -2.03. The zero-order valence-electron chi connectivity index (χ0n) is 17.1. The molecule has 1 aromatic carbocycles. The predicted octanol–water partition coefficient (Wildman–Crippen LogP) is 8.14. The molecule has 0 aliphatic carbocycles. The van der Waals surface area contributed by atoms with Gasteiger partial charge < -0.3 is 5.32 Å². The zero-order valence-corrected chi connectivity index (χ0v) is 17.1. The third-order valence-electron chi connectivity index (χ3n) is 5.24. The average Bonchev–Trinajstić information content (AvgIpc) is 2.65. The molecule has 144 valence electrons. The van der Waals surface area contributed by atoms with E-state index in [0.717, 1.165) is 13.0 Å². The second-order valence-electron chi connectivity index (χ2n) is 7.53. The molecule has 1 N–H and O–H groups in total. The van der Waals surface area contributed by atoms with E-state index in [1.807, 2.05) is 0 Å². The van der Waals surface area contributed by atoms with E-state index in [-0.39, 0.29) is 0 Å². The van der Waals surface area contributed by atoms with Gasteiger partial charge in [0.15, 0.2) is 0 Å². The summed E-state index contributed by atoms with van der Waals surface area (Å²) in [6.07, 6.45) is 21.1. The van der Waals surface area contributed by atoms with E-state index in [0.29, 0.717) is 0 Å². The van der Waals surface area contributed by atoms with E-state index in [1.165, 1.54) is 101 Å². The van der Waals surface area contributed by atoms with Gasteiger partial charge in [0.1, 0.15) is 0 Å². The highest BCUT2D eigenvalue weighted by atomic mass is 14.9. The third kappa shape index (κ3) is 12.1. The van der Waals surface area contributed by atoms with Crippen molar-refractivity contribution >= 4 is 5.69 Å². The van der Waals surface area contributed by atoms with E-state index < -0.39 is 0 Å². The van der Waals surface area contributed by atoms with Crippen LogP contribution in [-0.4, -0.2) is 6.54 Å². The van der Waals surface area contributed by atoms with Gasteiger partial charge in [0.05, 0.1) is 0 Å². The Hall–Kier alpha value is -0.980. The zero-order chi connectivity index (χ0) is 18.0. The highest BCUT2D eigenvalue weighted by Gasteiger charge is 1.98. The molecule has 1 aromatic rings. The third-order valence-corrected chi connectivity index (χ3v) is 5.24. The molecule has 1 nitrogen and oxygen atoms in total. The Morgan fingerprint density at radius 3 is 1.60 bits per heavy atom. The molecule has 0 fully saturated rings. The molecular formula is C24H43N. The van der Waals surface area contributed by atoms with Gasteiger partial charge in [0.2, 0.25) is 0 Å². The summed E-state index contributed by atoms with van der Waals surface area (Å²) < 4.78 is 0. The van der Waals surface area contributed by atoms with Crippen molar-refractivity contribution in [3.8, 4) is 0 Å². The summed E-state index contributed by atoms with van der Waals surface area (Å²) in [7, 11) is 0. The van der Waals surface area contributed by atoms with Crippen molar-refractivity contribution in [2.75, 3.05) is 11.9 Å². The SMILES string of the molecule is CCCCCCCCCCCCCCCCNc1ccccc1CC. The van der Waals surface area contributed by atoms with Crippen molar-refractivity contribution in [2.45, 2.75) is 110 Å². The van der Waals surface area contributed by atoms with E-state index in [1.54, 1.807) is 0 Å². The second-order valence-corrected chi connectivity index (χ2v) is 7.53. The van der Waals surface area contributed by atoms with E-state index >= 15 is 0 Å². The molecule has 1 heteroatoms. The van der Waals surface area contributed by atoms with Gasteiger partial charge >= 0.3 is 0 Å². The van der Waals surface area contributed by atoms with E-state index in [2.05, 4.69) is 43.4 Å². The van der Waals surface area contributed by atoms with Crippen molar-refractivity contribution in [1.82, 2.24) is 0 Å². The molecule has 0 atom stereocenters. The number of nitrogens with one attached hydrogen (secondary N) is 1. The number of benzene rings is 1. The fourth-order valence-electron chi connectivity index (χ4n) is 3.54. The van der Waals surface area contributed by atoms with Crippen LogP contribution in [0.15, 0.2) is 24.3 Å². The van der Waals surface area contributed by atoms with Crippen LogP contribution in [0.1, 0.15) is 109 Å². The van der Waals surface area contributed by atoms with Crippen molar-refractivity contribution < 1.29 is 0 Å². The molecule has 0 radical (unpaired) electrons. The smallest absolute Gasteiger partial charge is 0.0372 e. The molecule has 0 aliphatic rings. The summed E-state index contributed by atoms with van der Waals surface area (Å²) in [5.41, 5.74) is 2.77. The first-order valence-electron chi connectivity index (χ1n) is 11.2. The quantitative estimate of drug-likeness (QED) is 0.281. The maximum Gasteiger partial charge on any atom is 0.0372 e. The van der Waals surface area contributed by atoms with Gasteiger partial charge in [0, 0.05) is 12.2 Å². The molecule has 0 unspecified atom stereocenters. The lowest BCUT2D eigenvalue weighted by atomic mass is 10.0. The first-order chi connectivity index (χ1) is 12.4. The minimum Gasteiger partial charge on any atom is -0.385 e. The molecule has 1 rings (SSSR count). The van der Waals surface area contributed by atoms with Gasteiger partial charge in [-0.1, -0.05) is 116 Å². The molecule has 0 saturated carbocycles. The largest absolute Gasteiger partial charge is 0.385 e. The number of rotatable bonds is 17. The lowest BCUT2D eigenvalue weighted by molar-refractivity contribution is 0.537. The molecule has 0 spiro atoms. The van der Waals surface area contributed by atoms with Crippen LogP contribution in [0.4, 0.5) is 5.69 Å². The average molecular weight is 346 g/mol. The Morgan fingerprint density at radius 2 is 1.08 bits per heavy atom. The standard InChI is InChI=1S/C24H43N/c1-3-5-6-7-8-9-10-11-12-13-14-15-16-19-22-25-24-21-18-17-20-23(24)4-2/h17-18,20-21,25H,3-16,19,22H2,1-2H3. The number of unbranched alkanes of at least 4 members (excludes halogenated alkanes) is 13. The van der Waals surface area contributed by atoms with Crippen LogP contribution in [0, 0.1) is 0 Å². The Balaban J connectivity index is 1.82. The van der Waals surface area contributed by atoms with Crippen LogP contribution in [0.5, 0.6) is 0 Å². The van der Waals surface area contributed by atoms with Gasteiger partial charge in [-0.2, -0.15) is 0 Å². The van der Waals surface area contributed by atoms with Crippen LogP contribution >= 0.6 is 0 Å². The normalized spacial score (nSPS) is 11.0. The Kier molecular flexibility index (Phi) is 14.5. The van der Waals surface area contributed by atoms with Gasteiger partial charge in [-0.25, -0.2) is 0 Å². The minimum atomic E-state index is 1.11. The molecule has 0 amide bonds. The van der Waals surface area contributed by atoms with Gasteiger partial charge in [0.25, 0.3) is 0 Å². The molecule has 0 aromatic heterocycles. The molecule has 0 heterocycles. The molecule has 0 aliphatic heterocycles. The maximum atomic E-state index is 3.61. The van der Waals surface area contributed by atoms with Crippen LogP contribution in [0.2, 0.25) is 0 Å². The molecular weight excluding hydrogens is 302 g/mol. The van der Waals surface area contributed by atoms with Gasteiger partial charge in [-0.15, -0.1) is 0 Å². The number of hydrogen-bond donors (Lipinski definition) is 1. The van der Waals surface area contributed by atoms with Crippen molar-refractivity contribution in [2.24, 2.45) is 0 Å². The van der Waals surface area contributed by atoms with Crippen LogP contribution < -0.4 is 5.32 Å². The Morgan fingerprint density at radius 1 is 0.600 bits per heavy atom. The number of anilines is 1. The summed E-state index contributed by atoms with van der Waals surface area (Å²) in [5, 5.41) is 3.61. The van der Waals surface area contributed by atoms with E-state index in [4.69, 9.17) is 0 Å². The summed E-state index contributed by atoms with van der Waals surface area (Å²) in [4.78, 5) is 0. The summed E-state index contributed by atoms with van der Waals surface area (Å²) in [5.74, 6) is 0. The van der Waals surface area contributed by atoms with Crippen LogP contribution in [0.25, 0.3) is 0 Å². The highest BCUT2D eigenvalue weighted by Crippen LogP contribution is 2.16. The second kappa shape index (κ2) is 16.5. The molecule has 25 heavy (non-hydrogen) atoms. The lowest BCUT2D eigenvalue weighted by Gasteiger charge is -2.10. The first-order valence-corrected chi connectivity index (χ1v) is 11.2. The van der Waals surface area contributed by atoms with Crippen molar-refractivity contribution in [3.63, 3.8) is 0 Å². The first kappa shape index (κ1) is 22.1. The summed E-state index contributed by atoms with van der Waals surface area (Å²) in [6.45, 7) is 5.64. The fourth-order valence-corrected chi connectivity index (χ4v) is 3.54. The van der Waals surface area contributed by atoms with E-state index in [9.17, 15) is 0 Å². The topological polar surface area (TPSA) is 12.0 Å². The predicted molar refractivity (Wildman–Crippen MR) is 115 cm³/mol. The maximum absolute atomic E-state index is 3.61. The number of hydrogen-bond acceptors (Lipinski definition) is 1. The Labute approximate surface area is 158 Å². The number of para-hydroxylation sites is 1. The summed E-state index contributed by atoms with van der Waals surface area (Å²) >= 11 is 0. The molecule has 0 saturated heterocycles. The van der Waals surface area contributed by atoms with Gasteiger partial charge in [-0.3, -0.25) is 0 Å². The van der Waals surface area contributed by atoms with Crippen molar-refractivity contribution in [3.05, 3.63) is 29.8 Å². The molecule has 0 bridgehead atoms. The monoisotopic (exact) mass is 345 g/mol.